The molecular weight excluding hydrogens is 239 g/mol. The van der Waals surface area contributed by atoms with Gasteiger partial charge in [0.25, 0.3) is 0 Å². The molecule has 0 fully saturated rings. The molecule has 0 saturated heterocycles. The van der Waals surface area contributed by atoms with Crippen LogP contribution in [0.3, 0.4) is 0 Å². The lowest BCUT2D eigenvalue weighted by molar-refractivity contribution is -0.174. The van der Waals surface area contributed by atoms with E-state index in [9.17, 15) is 13.2 Å². The zero-order valence-electron chi connectivity index (χ0n) is 9.70. The Kier molecular flexibility index (Phi) is 7.64. The van der Waals surface area contributed by atoms with Gasteiger partial charge in [-0.05, 0) is 13.0 Å². The largest absolute Gasteiger partial charge is 0.411 e. The highest BCUT2D eigenvalue weighted by atomic mass is 19.4. The smallest absolute Gasteiger partial charge is 0.409 e. The molecule has 0 heterocycles. The Morgan fingerprint density at radius 2 is 2.12 bits per heavy atom. The number of rotatable bonds is 8. The maximum absolute atomic E-state index is 11.7. The summed E-state index contributed by atoms with van der Waals surface area (Å²) in [6.07, 6.45) is -3.82. The van der Waals surface area contributed by atoms with Crippen LogP contribution in [0.25, 0.3) is 0 Å². The summed E-state index contributed by atoms with van der Waals surface area (Å²) in [7, 11) is 0. The van der Waals surface area contributed by atoms with Crippen molar-refractivity contribution in [3.63, 3.8) is 0 Å². The van der Waals surface area contributed by atoms with Crippen LogP contribution in [0.1, 0.15) is 13.3 Å². The third-order valence-electron chi connectivity index (χ3n) is 1.99. The molecule has 0 saturated carbocycles. The van der Waals surface area contributed by atoms with Crippen LogP contribution in [0.5, 0.6) is 0 Å². The van der Waals surface area contributed by atoms with Crippen LogP contribution in [0.4, 0.5) is 13.2 Å². The van der Waals surface area contributed by atoms with Gasteiger partial charge in [0.15, 0.2) is 5.84 Å². The maximum atomic E-state index is 11.7. The Bertz CT molecular complexity index is 234. The molecule has 0 rings (SSSR count). The molecule has 5 nitrogen and oxygen atoms in total. The van der Waals surface area contributed by atoms with Gasteiger partial charge in [0.05, 0.1) is 6.54 Å². The number of halogens is 3. The van der Waals surface area contributed by atoms with Gasteiger partial charge in [0, 0.05) is 13.2 Å². The van der Waals surface area contributed by atoms with Crippen molar-refractivity contribution in [1.82, 2.24) is 4.90 Å². The molecule has 3 N–H and O–H groups in total. The summed E-state index contributed by atoms with van der Waals surface area (Å²) in [6, 6.07) is 0. The maximum Gasteiger partial charge on any atom is 0.411 e. The van der Waals surface area contributed by atoms with Crippen molar-refractivity contribution in [2.24, 2.45) is 10.9 Å². The van der Waals surface area contributed by atoms with Gasteiger partial charge in [-0.3, -0.25) is 4.90 Å². The van der Waals surface area contributed by atoms with Gasteiger partial charge in [0.2, 0.25) is 0 Å². The van der Waals surface area contributed by atoms with Gasteiger partial charge in [-0.2, -0.15) is 13.2 Å². The highest BCUT2D eigenvalue weighted by Crippen LogP contribution is 2.14. The third kappa shape index (κ3) is 9.88. The van der Waals surface area contributed by atoms with E-state index in [-0.39, 0.29) is 19.0 Å². The Morgan fingerprint density at radius 3 is 2.59 bits per heavy atom. The molecule has 17 heavy (non-hydrogen) atoms. The SMILES string of the molecule is CCN(CCCOCC(F)(F)F)CC(N)=NO. The van der Waals surface area contributed by atoms with E-state index in [1.165, 1.54) is 0 Å². The van der Waals surface area contributed by atoms with Gasteiger partial charge < -0.3 is 15.7 Å². The van der Waals surface area contributed by atoms with Crippen LogP contribution in [0.2, 0.25) is 0 Å². The number of hydrogen-bond donors (Lipinski definition) is 2. The minimum absolute atomic E-state index is 0.0339. The lowest BCUT2D eigenvalue weighted by Crippen LogP contribution is -2.35. The number of ether oxygens (including phenoxy) is 1. The molecule has 0 bridgehead atoms. The quantitative estimate of drug-likeness (QED) is 0.224. The van der Waals surface area contributed by atoms with E-state index in [1.54, 1.807) is 0 Å². The summed E-state index contributed by atoms with van der Waals surface area (Å²) < 4.78 is 39.7. The fraction of sp³-hybridized carbons (Fsp3) is 0.889. The van der Waals surface area contributed by atoms with Crippen molar-refractivity contribution >= 4 is 5.84 Å². The minimum atomic E-state index is -4.28. The molecular formula is C9H18F3N3O2. The number of likely N-dealkylation sites (N-methyl/N-ethyl adjacent to an activating group) is 1. The third-order valence-corrected chi connectivity index (χ3v) is 1.99. The van der Waals surface area contributed by atoms with Gasteiger partial charge in [-0.25, -0.2) is 0 Å². The first-order valence-corrected chi connectivity index (χ1v) is 5.22. The molecule has 0 aromatic carbocycles. The van der Waals surface area contributed by atoms with Gasteiger partial charge in [-0.15, -0.1) is 0 Å². The number of oxime groups is 1. The van der Waals surface area contributed by atoms with Crippen molar-refractivity contribution < 1.29 is 23.1 Å². The molecule has 0 aliphatic carbocycles. The Hall–Kier alpha value is -1.02. The van der Waals surface area contributed by atoms with Crippen LogP contribution in [0, 0.1) is 0 Å². The summed E-state index contributed by atoms with van der Waals surface area (Å²) in [5.41, 5.74) is 5.32. The Morgan fingerprint density at radius 1 is 1.47 bits per heavy atom. The van der Waals surface area contributed by atoms with Crippen LogP contribution in [0.15, 0.2) is 5.16 Å². The highest BCUT2D eigenvalue weighted by Gasteiger charge is 2.27. The van der Waals surface area contributed by atoms with Crippen molar-refractivity contribution in [1.29, 1.82) is 0 Å². The van der Waals surface area contributed by atoms with E-state index in [0.29, 0.717) is 19.5 Å². The van der Waals surface area contributed by atoms with Crippen molar-refractivity contribution in [2.45, 2.75) is 19.5 Å². The fourth-order valence-corrected chi connectivity index (χ4v) is 1.19. The van der Waals surface area contributed by atoms with Crippen molar-refractivity contribution in [3.8, 4) is 0 Å². The van der Waals surface area contributed by atoms with E-state index in [4.69, 9.17) is 10.9 Å². The summed E-state index contributed by atoms with van der Waals surface area (Å²) in [5.74, 6) is 0.0723. The number of nitrogens with two attached hydrogens (primary N) is 1. The molecule has 0 radical (unpaired) electrons. The van der Waals surface area contributed by atoms with E-state index >= 15 is 0 Å². The van der Waals surface area contributed by atoms with Crippen LogP contribution in [-0.2, 0) is 4.74 Å². The number of alkyl halides is 3. The lowest BCUT2D eigenvalue weighted by Gasteiger charge is -2.19. The zero-order valence-corrected chi connectivity index (χ0v) is 9.70. The molecule has 0 aromatic heterocycles. The first-order chi connectivity index (χ1) is 7.89. The lowest BCUT2D eigenvalue weighted by atomic mass is 10.3. The van der Waals surface area contributed by atoms with Gasteiger partial charge in [0.1, 0.15) is 6.61 Å². The topological polar surface area (TPSA) is 71.1 Å². The molecule has 8 heteroatoms. The second-order valence-corrected chi connectivity index (χ2v) is 3.48. The first kappa shape index (κ1) is 16.0. The van der Waals surface area contributed by atoms with E-state index in [2.05, 4.69) is 9.89 Å². The molecule has 0 aliphatic rings. The predicted molar refractivity (Wildman–Crippen MR) is 57.0 cm³/mol. The van der Waals surface area contributed by atoms with Crippen molar-refractivity contribution in [2.75, 3.05) is 32.8 Å². The summed E-state index contributed by atoms with van der Waals surface area (Å²) in [4.78, 5) is 1.84. The van der Waals surface area contributed by atoms with Gasteiger partial charge >= 0.3 is 6.18 Å². The fourth-order valence-electron chi connectivity index (χ4n) is 1.19. The molecule has 0 aromatic rings. The molecule has 0 aliphatic heterocycles. The number of hydrogen-bond acceptors (Lipinski definition) is 4. The van der Waals surface area contributed by atoms with Crippen LogP contribution in [-0.4, -0.2) is 55.0 Å². The molecule has 0 amide bonds. The Balaban J connectivity index is 3.64. The first-order valence-electron chi connectivity index (χ1n) is 5.22. The van der Waals surface area contributed by atoms with Gasteiger partial charge in [-0.1, -0.05) is 12.1 Å². The van der Waals surface area contributed by atoms with E-state index in [1.807, 2.05) is 11.8 Å². The average Bonchev–Trinajstić information content (AvgIpc) is 2.25. The average molecular weight is 257 g/mol. The number of nitrogens with zero attached hydrogens (tertiary/aromatic N) is 2. The van der Waals surface area contributed by atoms with Crippen LogP contribution >= 0.6 is 0 Å². The molecule has 0 spiro atoms. The second-order valence-electron chi connectivity index (χ2n) is 3.48. The molecule has 0 unspecified atom stereocenters. The Labute approximate surface area is 98.0 Å². The normalized spacial score (nSPS) is 13.4. The van der Waals surface area contributed by atoms with Crippen LogP contribution < -0.4 is 5.73 Å². The number of amidine groups is 1. The van der Waals surface area contributed by atoms with Crippen molar-refractivity contribution in [3.05, 3.63) is 0 Å². The monoisotopic (exact) mass is 257 g/mol. The summed E-state index contributed by atoms with van der Waals surface area (Å²) >= 11 is 0. The predicted octanol–water partition coefficient (Wildman–Crippen LogP) is 1.02. The molecule has 102 valence electrons. The summed E-state index contributed by atoms with van der Waals surface area (Å²) in [6.45, 7) is 2.17. The second kappa shape index (κ2) is 8.13. The van der Waals surface area contributed by atoms with E-state index < -0.39 is 12.8 Å². The zero-order chi connectivity index (χ0) is 13.3. The summed E-state index contributed by atoms with van der Waals surface area (Å²) in [5, 5.41) is 11.2. The minimum Gasteiger partial charge on any atom is -0.409 e. The molecule has 0 atom stereocenters. The van der Waals surface area contributed by atoms with E-state index in [0.717, 1.165) is 0 Å². The highest BCUT2D eigenvalue weighted by molar-refractivity contribution is 5.81. The standard InChI is InChI=1S/C9H18F3N3O2/c1-2-15(6-8(13)14-16)4-3-5-17-7-9(10,11)12/h16H,2-7H2,1H3,(H2,13,14).